The molecule has 0 saturated carbocycles. The topological polar surface area (TPSA) is 62.6 Å². The lowest BCUT2D eigenvalue weighted by molar-refractivity contribution is 0.385. The van der Waals surface area contributed by atoms with Gasteiger partial charge >= 0.3 is 4.87 Å². The van der Waals surface area contributed by atoms with Gasteiger partial charge in [0, 0.05) is 31.9 Å². The van der Waals surface area contributed by atoms with Crippen LogP contribution in [0.25, 0.3) is 10.2 Å². The fourth-order valence-corrected chi connectivity index (χ4v) is 6.56. The molecule has 5 rings (SSSR count). The molecule has 0 unspecified atom stereocenters. The van der Waals surface area contributed by atoms with Crippen LogP contribution in [0.1, 0.15) is 5.56 Å². The smallest absolute Gasteiger partial charge is 0.308 e. The van der Waals surface area contributed by atoms with E-state index in [0.717, 1.165) is 28.1 Å². The summed E-state index contributed by atoms with van der Waals surface area (Å²) in [7, 11) is -3.69. The maximum atomic E-state index is 13.3. The van der Waals surface area contributed by atoms with E-state index in [2.05, 4.69) is 0 Å². The normalized spacial score (nSPS) is 15.2. The minimum Gasteiger partial charge on any atom is -0.369 e. The molecule has 0 bridgehead atoms. The predicted octanol–water partition coefficient (Wildman–Crippen LogP) is 3.76. The highest BCUT2D eigenvalue weighted by atomic mass is 32.2. The number of fused-ring (bicyclic) bond motifs is 1. The maximum Gasteiger partial charge on any atom is 0.308 e. The van der Waals surface area contributed by atoms with Crippen LogP contribution >= 0.6 is 11.3 Å². The van der Waals surface area contributed by atoms with E-state index in [1.807, 2.05) is 35.2 Å². The average Bonchev–Trinajstić information content (AvgIpc) is 3.14. The van der Waals surface area contributed by atoms with E-state index < -0.39 is 10.0 Å². The van der Waals surface area contributed by atoms with Crippen molar-refractivity contribution in [2.45, 2.75) is 11.4 Å². The Labute approximate surface area is 195 Å². The third kappa shape index (κ3) is 4.31. The van der Waals surface area contributed by atoms with Gasteiger partial charge in [-0.25, -0.2) is 12.8 Å². The Morgan fingerprint density at radius 1 is 0.879 bits per heavy atom. The van der Waals surface area contributed by atoms with Gasteiger partial charge in [-0.3, -0.25) is 9.36 Å². The first-order chi connectivity index (χ1) is 15.9. The molecule has 0 spiro atoms. The van der Waals surface area contributed by atoms with Crippen molar-refractivity contribution in [2.24, 2.45) is 0 Å². The molecule has 6 nitrogen and oxygen atoms in total. The molecule has 170 valence electrons. The second kappa shape index (κ2) is 8.74. The minimum atomic E-state index is -3.69. The van der Waals surface area contributed by atoms with Gasteiger partial charge in [0.1, 0.15) is 5.82 Å². The molecule has 1 saturated heterocycles. The second-order valence-corrected chi connectivity index (χ2v) is 10.9. The van der Waals surface area contributed by atoms with Crippen LogP contribution < -0.4 is 9.77 Å². The lowest BCUT2D eigenvalue weighted by Gasteiger charge is -2.35. The van der Waals surface area contributed by atoms with Crippen molar-refractivity contribution in [2.75, 3.05) is 31.1 Å². The molecule has 1 aromatic heterocycles. The van der Waals surface area contributed by atoms with Crippen molar-refractivity contribution in [3.05, 3.63) is 93.8 Å². The lowest BCUT2D eigenvalue weighted by atomic mass is 10.2. The van der Waals surface area contributed by atoms with Gasteiger partial charge in [-0.05, 0) is 48.0 Å². The average molecular weight is 484 g/mol. The van der Waals surface area contributed by atoms with E-state index in [1.165, 1.54) is 16.4 Å². The number of rotatable bonds is 5. The molecule has 0 amide bonds. The highest BCUT2D eigenvalue weighted by Crippen LogP contribution is 2.26. The van der Waals surface area contributed by atoms with E-state index in [0.29, 0.717) is 37.4 Å². The predicted molar refractivity (Wildman–Crippen MR) is 129 cm³/mol. The summed E-state index contributed by atoms with van der Waals surface area (Å²) in [6.45, 7) is 2.16. The molecule has 0 N–H and O–H groups in total. The van der Waals surface area contributed by atoms with Gasteiger partial charge in [-0.1, -0.05) is 41.7 Å². The molecule has 0 atom stereocenters. The molecular formula is C24H22FN3O3S2. The zero-order valence-electron chi connectivity index (χ0n) is 17.7. The first-order valence-electron chi connectivity index (χ1n) is 10.6. The van der Waals surface area contributed by atoms with Crippen molar-refractivity contribution in [1.82, 2.24) is 8.87 Å². The summed E-state index contributed by atoms with van der Waals surface area (Å²) >= 11 is 1.06. The fourth-order valence-electron chi connectivity index (χ4n) is 4.11. The monoisotopic (exact) mass is 483 g/mol. The highest BCUT2D eigenvalue weighted by molar-refractivity contribution is 7.89. The molecule has 3 aromatic carbocycles. The number of piperazine rings is 1. The van der Waals surface area contributed by atoms with Gasteiger partial charge in [-0.2, -0.15) is 4.31 Å². The van der Waals surface area contributed by atoms with E-state index in [1.54, 1.807) is 34.9 Å². The van der Waals surface area contributed by atoms with Gasteiger partial charge in [0.15, 0.2) is 0 Å². The number of anilines is 1. The second-order valence-electron chi connectivity index (χ2n) is 7.94. The molecule has 1 aliphatic heterocycles. The molecule has 0 radical (unpaired) electrons. The Morgan fingerprint density at radius 2 is 1.58 bits per heavy atom. The summed E-state index contributed by atoms with van der Waals surface area (Å²) < 4.78 is 43.5. The van der Waals surface area contributed by atoms with Crippen LogP contribution in [0.2, 0.25) is 0 Å². The summed E-state index contributed by atoms with van der Waals surface area (Å²) in [5.74, 6) is -0.296. The van der Waals surface area contributed by atoms with Crippen LogP contribution in [0.15, 0.2) is 82.5 Å². The first-order valence-corrected chi connectivity index (χ1v) is 12.9. The van der Waals surface area contributed by atoms with Gasteiger partial charge < -0.3 is 4.90 Å². The van der Waals surface area contributed by atoms with Crippen LogP contribution in [-0.4, -0.2) is 43.5 Å². The number of nitrogens with zero attached hydrogens (tertiary/aromatic N) is 3. The molecule has 1 fully saturated rings. The Bertz CT molecular complexity index is 1440. The highest BCUT2D eigenvalue weighted by Gasteiger charge is 2.29. The van der Waals surface area contributed by atoms with Crippen molar-refractivity contribution >= 4 is 37.3 Å². The lowest BCUT2D eigenvalue weighted by Crippen LogP contribution is -2.48. The van der Waals surface area contributed by atoms with Crippen molar-refractivity contribution < 1.29 is 12.8 Å². The first kappa shape index (κ1) is 21.8. The SMILES string of the molecule is O=c1sc2cc(S(=O)(=O)N3CCN(c4ccc(F)cc4)CC3)ccc2n1Cc1ccccc1. The Morgan fingerprint density at radius 3 is 2.27 bits per heavy atom. The zero-order valence-corrected chi connectivity index (χ0v) is 19.4. The number of hydrogen-bond acceptors (Lipinski definition) is 5. The van der Waals surface area contributed by atoms with Crippen LogP contribution in [0.4, 0.5) is 10.1 Å². The Balaban J connectivity index is 1.36. The molecule has 0 aliphatic carbocycles. The molecular weight excluding hydrogens is 461 g/mol. The molecule has 4 aromatic rings. The quantitative estimate of drug-likeness (QED) is 0.434. The number of aromatic nitrogens is 1. The Kier molecular flexibility index (Phi) is 5.77. The van der Waals surface area contributed by atoms with E-state index in [4.69, 9.17) is 0 Å². The third-order valence-electron chi connectivity index (χ3n) is 5.89. The van der Waals surface area contributed by atoms with Gasteiger partial charge in [-0.15, -0.1) is 0 Å². The van der Waals surface area contributed by atoms with E-state index in [9.17, 15) is 17.6 Å². The van der Waals surface area contributed by atoms with Crippen LogP contribution in [-0.2, 0) is 16.6 Å². The fraction of sp³-hybridized carbons (Fsp3) is 0.208. The maximum absolute atomic E-state index is 13.3. The summed E-state index contributed by atoms with van der Waals surface area (Å²) in [5, 5.41) is 0. The molecule has 1 aliphatic rings. The Hall–Kier alpha value is -3.01. The van der Waals surface area contributed by atoms with Gasteiger partial charge in [0.05, 0.1) is 21.7 Å². The van der Waals surface area contributed by atoms with Crippen LogP contribution in [0.5, 0.6) is 0 Å². The van der Waals surface area contributed by atoms with Crippen molar-refractivity contribution in [3.63, 3.8) is 0 Å². The zero-order chi connectivity index (χ0) is 23.0. The van der Waals surface area contributed by atoms with Crippen LogP contribution in [0.3, 0.4) is 0 Å². The van der Waals surface area contributed by atoms with E-state index in [-0.39, 0.29) is 15.6 Å². The molecule has 33 heavy (non-hydrogen) atoms. The number of thiazole rings is 1. The van der Waals surface area contributed by atoms with Gasteiger partial charge in [0.2, 0.25) is 10.0 Å². The summed E-state index contributed by atoms with van der Waals surface area (Å²) in [4.78, 5) is 14.7. The minimum absolute atomic E-state index is 0.115. The number of benzene rings is 3. The van der Waals surface area contributed by atoms with E-state index >= 15 is 0 Å². The van der Waals surface area contributed by atoms with Crippen molar-refractivity contribution in [1.29, 1.82) is 0 Å². The van der Waals surface area contributed by atoms with Crippen molar-refractivity contribution in [3.8, 4) is 0 Å². The molecule has 2 heterocycles. The summed E-state index contributed by atoms with van der Waals surface area (Å²) in [6.07, 6.45) is 0. The van der Waals surface area contributed by atoms with Gasteiger partial charge in [0.25, 0.3) is 0 Å². The molecule has 9 heteroatoms. The number of hydrogen-bond donors (Lipinski definition) is 0. The largest absolute Gasteiger partial charge is 0.369 e. The standard InChI is InChI=1S/C24H22FN3O3S2/c25-19-6-8-20(9-7-19)26-12-14-27(15-13-26)33(30,31)21-10-11-22-23(16-21)32-24(29)28(22)17-18-4-2-1-3-5-18/h1-11,16H,12-15,17H2. The summed E-state index contributed by atoms with van der Waals surface area (Å²) in [5.41, 5.74) is 2.61. The van der Waals surface area contributed by atoms with Crippen LogP contribution in [0, 0.1) is 5.82 Å². The summed E-state index contributed by atoms with van der Waals surface area (Å²) in [6, 6.07) is 20.8. The number of sulfonamides is 1. The third-order valence-corrected chi connectivity index (χ3v) is 8.73. The number of halogens is 1.